The van der Waals surface area contributed by atoms with E-state index >= 15 is 0 Å². The smallest absolute Gasteiger partial charge is 0.335 e. The predicted octanol–water partition coefficient (Wildman–Crippen LogP) is 4.98. The largest absolute Gasteiger partial charge is 0.478 e. The van der Waals surface area contributed by atoms with Crippen LogP contribution in [0.4, 0.5) is 0 Å². The van der Waals surface area contributed by atoms with Crippen LogP contribution in [0.25, 0.3) is 10.9 Å². The summed E-state index contributed by atoms with van der Waals surface area (Å²) in [5.74, 6) is -0.291. The normalized spacial score (nSPS) is 16.7. The van der Waals surface area contributed by atoms with E-state index in [0.717, 1.165) is 15.7 Å². The lowest BCUT2D eigenvalue weighted by Crippen LogP contribution is -2.05. The van der Waals surface area contributed by atoms with Gasteiger partial charge in [-0.15, -0.1) is 0 Å². The minimum absolute atomic E-state index is 0.346. The topological polar surface area (TPSA) is 53.1 Å². The Morgan fingerprint density at radius 3 is 2.65 bits per heavy atom. The van der Waals surface area contributed by atoms with Crippen molar-refractivity contribution in [3.05, 3.63) is 33.4 Å². The zero-order valence-corrected chi connectivity index (χ0v) is 13.1. The molecule has 2 aromatic rings. The van der Waals surface area contributed by atoms with Gasteiger partial charge in [0, 0.05) is 10.9 Å². The van der Waals surface area contributed by atoms with Crippen molar-refractivity contribution in [1.82, 2.24) is 4.98 Å². The average Bonchev–Trinajstić information content (AvgIpc) is 2.76. The third-order valence-electron chi connectivity index (χ3n) is 4.35. The van der Waals surface area contributed by atoms with Crippen molar-refractivity contribution in [2.75, 3.05) is 0 Å². The number of nitrogens with one attached hydrogen (secondary N) is 1. The van der Waals surface area contributed by atoms with E-state index in [4.69, 9.17) is 5.11 Å². The maximum Gasteiger partial charge on any atom is 0.335 e. The molecule has 1 heterocycles. The number of aromatic nitrogens is 1. The lowest BCUT2D eigenvalue weighted by Gasteiger charge is -2.22. The quantitative estimate of drug-likeness (QED) is 0.812. The molecule has 1 aliphatic rings. The van der Waals surface area contributed by atoms with Gasteiger partial charge in [0.15, 0.2) is 0 Å². The molecule has 1 saturated carbocycles. The van der Waals surface area contributed by atoms with E-state index in [1.54, 1.807) is 12.1 Å². The van der Waals surface area contributed by atoms with Crippen LogP contribution >= 0.6 is 15.9 Å². The molecule has 1 aromatic carbocycles. The summed E-state index contributed by atoms with van der Waals surface area (Å²) in [5.41, 5.74) is 3.66. The van der Waals surface area contributed by atoms with Gasteiger partial charge >= 0.3 is 5.97 Å². The maximum absolute atomic E-state index is 11.2. The molecule has 0 atom stereocenters. The number of hydrogen-bond donors (Lipinski definition) is 2. The Kier molecular flexibility index (Phi) is 3.59. The molecule has 0 saturated heterocycles. The minimum atomic E-state index is -0.875. The summed E-state index contributed by atoms with van der Waals surface area (Å²) >= 11 is 3.64. The zero-order chi connectivity index (χ0) is 14.3. The molecule has 0 radical (unpaired) electrons. The average molecular weight is 336 g/mol. The van der Waals surface area contributed by atoms with Gasteiger partial charge in [-0.05, 0) is 64.9 Å². The summed E-state index contributed by atoms with van der Waals surface area (Å²) in [5, 5.41) is 10.4. The summed E-state index contributed by atoms with van der Waals surface area (Å²) in [6, 6.07) is 3.51. The highest BCUT2D eigenvalue weighted by atomic mass is 79.9. The van der Waals surface area contributed by atoms with Crippen molar-refractivity contribution in [3.8, 4) is 0 Å². The summed E-state index contributed by atoms with van der Waals surface area (Å²) in [6.07, 6.45) is 6.36. The monoisotopic (exact) mass is 335 g/mol. The number of carbonyl (C=O) groups is 1. The summed E-state index contributed by atoms with van der Waals surface area (Å²) in [6.45, 7) is 2.00. The van der Waals surface area contributed by atoms with Crippen LogP contribution in [0.5, 0.6) is 0 Å². The molecule has 1 aromatic heterocycles. The zero-order valence-electron chi connectivity index (χ0n) is 11.5. The maximum atomic E-state index is 11.2. The van der Waals surface area contributed by atoms with Crippen LogP contribution in [-0.4, -0.2) is 16.1 Å². The van der Waals surface area contributed by atoms with Gasteiger partial charge in [-0.25, -0.2) is 4.79 Å². The number of rotatable bonds is 2. The molecule has 20 heavy (non-hydrogen) atoms. The lowest BCUT2D eigenvalue weighted by atomic mass is 9.83. The number of fused-ring (bicyclic) bond motifs is 1. The molecule has 0 spiro atoms. The predicted molar refractivity (Wildman–Crippen MR) is 83.5 cm³/mol. The fourth-order valence-electron chi connectivity index (χ4n) is 3.44. The lowest BCUT2D eigenvalue weighted by molar-refractivity contribution is 0.0697. The van der Waals surface area contributed by atoms with E-state index in [1.807, 2.05) is 6.92 Å². The Balaban J connectivity index is 2.17. The molecule has 0 amide bonds. The van der Waals surface area contributed by atoms with E-state index in [9.17, 15) is 4.79 Å². The molecule has 2 N–H and O–H groups in total. The van der Waals surface area contributed by atoms with Crippen molar-refractivity contribution in [1.29, 1.82) is 0 Å². The number of halogens is 1. The number of H-pyrrole nitrogens is 1. The number of hydrogen-bond acceptors (Lipinski definition) is 1. The van der Waals surface area contributed by atoms with Crippen molar-refractivity contribution in [2.24, 2.45) is 0 Å². The molecule has 0 unspecified atom stereocenters. The van der Waals surface area contributed by atoms with Gasteiger partial charge in [0.25, 0.3) is 0 Å². The Labute approximate surface area is 126 Å². The van der Waals surface area contributed by atoms with Crippen molar-refractivity contribution < 1.29 is 9.90 Å². The first kappa shape index (κ1) is 13.7. The van der Waals surface area contributed by atoms with Gasteiger partial charge in [-0.2, -0.15) is 0 Å². The van der Waals surface area contributed by atoms with E-state index in [2.05, 4.69) is 20.9 Å². The molecule has 3 nitrogen and oxygen atoms in total. The molecular weight excluding hydrogens is 318 g/mol. The third-order valence-corrected chi connectivity index (χ3v) is 4.97. The fraction of sp³-hybridized carbons (Fsp3) is 0.438. The van der Waals surface area contributed by atoms with Crippen molar-refractivity contribution in [3.63, 3.8) is 0 Å². The van der Waals surface area contributed by atoms with Gasteiger partial charge in [-0.3, -0.25) is 0 Å². The molecule has 106 valence electrons. The van der Waals surface area contributed by atoms with Crippen LogP contribution in [0.3, 0.4) is 0 Å². The first-order valence-electron chi connectivity index (χ1n) is 7.13. The van der Waals surface area contributed by atoms with Gasteiger partial charge in [0.1, 0.15) is 0 Å². The molecule has 4 heteroatoms. The van der Waals surface area contributed by atoms with Gasteiger partial charge in [0.2, 0.25) is 0 Å². The van der Waals surface area contributed by atoms with Crippen molar-refractivity contribution in [2.45, 2.75) is 44.9 Å². The number of aromatic amines is 1. The highest BCUT2D eigenvalue weighted by Gasteiger charge is 2.23. The first-order valence-corrected chi connectivity index (χ1v) is 7.92. The molecule has 3 rings (SSSR count). The van der Waals surface area contributed by atoms with Crippen LogP contribution in [0.2, 0.25) is 0 Å². The summed E-state index contributed by atoms with van der Waals surface area (Å²) < 4.78 is 1.02. The number of aromatic carboxylic acids is 1. The Morgan fingerprint density at radius 1 is 1.30 bits per heavy atom. The van der Waals surface area contributed by atoms with Crippen LogP contribution in [0.15, 0.2) is 16.7 Å². The number of benzene rings is 1. The highest BCUT2D eigenvalue weighted by Crippen LogP contribution is 2.41. The van der Waals surface area contributed by atoms with Gasteiger partial charge < -0.3 is 10.1 Å². The molecule has 1 fully saturated rings. The van der Waals surface area contributed by atoms with Crippen LogP contribution < -0.4 is 0 Å². The first-order chi connectivity index (χ1) is 9.58. The molecule has 0 bridgehead atoms. The minimum Gasteiger partial charge on any atom is -0.478 e. The Bertz CT molecular complexity index is 669. The van der Waals surface area contributed by atoms with E-state index in [1.165, 1.54) is 43.1 Å². The van der Waals surface area contributed by atoms with E-state index in [-0.39, 0.29) is 0 Å². The van der Waals surface area contributed by atoms with E-state index in [0.29, 0.717) is 11.5 Å². The number of carboxylic acids is 1. The molecular formula is C16H18BrNO2. The van der Waals surface area contributed by atoms with Crippen LogP contribution in [0, 0.1) is 6.92 Å². The fourth-order valence-corrected chi connectivity index (χ4v) is 4.17. The van der Waals surface area contributed by atoms with E-state index < -0.39 is 5.97 Å². The second-order valence-electron chi connectivity index (χ2n) is 5.71. The van der Waals surface area contributed by atoms with Gasteiger partial charge in [0.05, 0.1) is 10.2 Å². The highest BCUT2D eigenvalue weighted by molar-refractivity contribution is 9.10. The second-order valence-corrected chi connectivity index (χ2v) is 6.50. The third kappa shape index (κ3) is 2.26. The molecule has 0 aliphatic heterocycles. The second kappa shape index (κ2) is 5.24. The number of carboxylic acid groups (broad SMARTS) is 1. The number of aryl methyl sites for hydroxylation is 1. The van der Waals surface area contributed by atoms with Gasteiger partial charge in [-0.1, -0.05) is 19.3 Å². The standard InChI is InChI=1S/C16H18BrNO2/c1-9-7-11(16(19)20)8-12-13(9)14(15(17)18-12)10-5-3-2-4-6-10/h7-8,10,18H,2-6H2,1H3,(H,19,20). The van der Waals surface area contributed by atoms with Crippen molar-refractivity contribution >= 4 is 32.8 Å². The SMILES string of the molecule is Cc1cc(C(=O)O)cc2[nH]c(Br)c(C3CCCCC3)c12. The van der Waals surface area contributed by atoms with Crippen LogP contribution in [-0.2, 0) is 0 Å². The Morgan fingerprint density at radius 2 is 2.00 bits per heavy atom. The summed E-state index contributed by atoms with van der Waals surface area (Å²) in [7, 11) is 0. The molecule has 1 aliphatic carbocycles. The Hall–Kier alpha value is -1.29. The van der Waals surface area contributed by atoms with Crippen LogP contribution in [0.1, 0.15) is 59.5 Å². The summed E-state index contributed by atoms with van der Waals surface area (Å²) in [4.78, 5) is 14.5.